The monoisotopic (exact) mass is 156 g/mol. The van der Waals surface area contributed by atoms with Gasteiger partial charge in [0.2, 0.25) is 0 Å². The second kappa shape index (κ2) is 3.22. The van der Waals surface area contributed by atoms with E-state index in [1.165, 1.54) is 12.1 Å². The van der Waals surface area contributed by atoms with Gasteiger partial charge in [0.05, 0.1) is 11.4 Å². The predicted octanol–water partition coefficient (Wildman–Crippen LogP) is 2.49. The summed E-state index contributed by atoms with van der Waals surface area (Å²) in [6.07, 6.45) is 0. The van der Waals surface area contributed by atoms with Crippen molar-refractivity contribution in [2.75, 3.05) is 0 Å². The van der Waals surface area contributed by atoms with E-state index in [0.717, 1.165) is 0 Å². The number of hydrogen-bond acceptors (Lipinski definition) is 2. The molecule has 0 fully saturated rings. The van der Waals surface area contributed by atoms with E-state index in [-0.39, 0.29) is 11.5 Å². The van der Waals surface area contributed by atoms with Gasteiger partial charge in [-0.1, -0.05) is 12.1 Å². The molecule has 1 aromatic carbocycles. The molecular formula is C6H5FN2S. The third-order valence-corrected chi connectivity index (χ3v) is 1.28. The number of benzene rings is 1. The van der Waals surface area contributed by atoms with E-state index in [1.807, 2.05) is 0 Å². The Kier molecular flexibility index (Phi) is 2.28. The highest BCUT2D eigenvalue weighted by atomic mass is 32.1. The van der Waals surface area contributed by atoms with Crippen LogP contribution in [0.25, 0.3) is 0 Å². The molecule has 1 aromatic rings. The highest BCUT2D eigenvalue weighted by Crippen LogP contribution is 2.14. The van der Waals surface area contributed by atoms with Crippen LogP contribution in [-0.4, -0.2) is 0 Å². The largest absolute Gasteiger partial charge is 0.229 e. The van der Waals surface area contributed by atoms with Crippen molar-refractivity contribution in [3.63, 3.8) is 0 Å². The first-order chi connectivity index (χ1) is 4.84. The van der Waals surface area contributed by atoms with Gasteiger partial charge < -0.3 is 0 Å². The van der Waals surface area contributed by atoms with Crippen molar-refractivity contribution in [1.29, 1.82) is 4.78 Å². The maximum absolute atomic E-state index is 12.6. The van der Waals surface area contributed by atoms with Crippen LogP contribution in [0.3, 0.4) is 0 Å². The number of nitrogens with one attached hydrogen (secondary N) is 1. The van der Waals surface area contributed by atoms with Crippen molar-refractivity contribution in [2.24, 2.45) is 4.36 Å². The fraction of sp³-hybridized carbons (Fsp3) is 0. The van der Waals surface area contributed by atoms with Crippen LogP contribution in [0, 0.1) is 10.6 Å². The zero-order valence-corrected chi connectivity index (χ0v) is 5.86. The minimum absolute atomic E-state index is 0.225. The molecule has 0 unspecified atom stereocenters. The van der Waals surface area contributed by atoms with Gasteiger partial charge in [-0.2, -0.15) is 4.36 Å². The van der Waals surface area contributed by atoms with Crippen LogP contribution in [0.15, 0.2) is 28.6 Å². The summed E-state index contributed by atoms with van der Waals surface area (Å²) in [4.78, 5) is 0. The van der Waals surface area contributed by atoms with Crippen molar-refractivity contribution >= 4 is 17.0 Å². The minimum Gasteiger partial charge on any atom is -0.229 e. The van der Waals surface area contributed by atoms with Crippen LogP contribution < -0.4 is 0 Å². The van der Waals surface area contributed by atoms with Crippen molar-refractivity contribution in [3.05, 3.63) is 30.1 Å². The van der Waals surface area contributed by atoms with Crippen molar-refractivity contribution in [2.45, 2.75) is 0 Å². The van der Waals surface area contributed by atoms with Crippen molar-refractivity contribution in [1.82, 2.24) is 0 Å². The van der Waals surface area contributed by atoms with Gasteiger partial charge in [0, 0.05) is 0 Å². The van der Waals surface area contributed by atoms with Crippen LogP contribution >= 0.6 is 0 Å². The van der Waals surface area contributed by atoms with Gasteiger partial charge in [0.25, 0.3) is 0 Å². The van der Waals surface area contributed by atoms with Crippen molar-refractivity contribution < 1.29 is 4.39 Å². The molecule has 0 aliphatic heterocycles. The van der Waals surface area contributed by atoms with E-state index in [0.29, 0.717) is 11.4 Å². The molecule has 0 aromatic heterocycles. The lowest BCUT2D eigenvalue weighted by Gasteiger charge is -1.89. The molecular weight excluding hydrogens is 151 g/mol. The molecule has 10 heavy (non-hydrogen) atoms. The molecule has 52 valence electrons. The lowest BCUT2D eigenvalue weighted by molar-refractivity contribution is 0.630. The normalized spacial score (nSPS) is 8.90. The van der Waals surface area contributed by atoms with E-state index in [2.05, 4.69) is 4.36 Å². The molecule has 0 saturated carbocycles. The molecule has 0 heterocycles. The summed E-state index contributed by atoms with van der Waals surface area (Å²) in [7, 11) is 0. The second-order valence-corrected chi connectivity index (χ2v) is 2.00. The topological polar surface area (TPSA) is 36.2 Å². The highest BCUT2D eigenvalue weighted by molar-refractivity contribution is 7.56. The Morgan fingerprint density at radius 1 is 1.40 bits per heavy atom. The molecule has 0 bridgehead atoms. The molecule has 4 heteroatoms. The standard InChI is InChI=1S/C6H5FN2S/c7-5-3-1-2-4-6(5)9-10-8/h1-4,8H. The summed E-state index contributed by atoms with van der Waals surface area (Å²) >= 11 is 0.504. The van der Waals surface area contributed by atoms with Gasteiger partial charge in [-0.3, -0.25) is 0 Å². The third-order valence-electron chi connectivity index (χ3n) is 0.996. The average Bonchev–Trinajstić information content (AvgIpc) is 1.94. The number of halogens is 1. The highest BCUT2D eigenvalue weighted by Gasteiger charge is 1.94. The quantitative estimate of drug-likeness (QED) is 0.648. The van der Waals surface area contributed by atoms with Gasteiger partial charge in [-0.25, -0.2) is 9.17 Å². The van der Waals surface area contributed by atoms with E-state index in [9.17, 15) is 4.39 Å². The molecule has 0 radical (unpaired) electrons. The first-order valence-corrected chi connectivity index (χ1v) is 3.40. The molecule has 0 aliphatic rings. The van der Waals surface area contributed by atoms with Crippen LogP contribution in [-0.2, 0) is 11.4 Å². The van der Waals surface area contributed by atoms with Crippen LogP contribution in [0.2, 0.25) is 0 Å². The molecule has 1 N–H and O–H groups in total. The molecule has 1 rings (SSSR count). The van der Waals surface area contributed by atoms with Crippen molar-refractivity contribution in [3.8, 4) is 0 Å². The van der Waals surface area contributed by atoms with E-state index < -0.39 is 0 Å². The Morgan fingerprint density at radius 2 is 2.10 bits per heavy atom. The Labute approximate surface area is 61.4 Å². The van der Waals surface area contributed by atoms with Gasteiger partial charge in [0.15, 0.2) is 0 Å². The number of rotatable bonds is 1. The smallest absolute Gasteiger partial charge is 0.149 e. The molecule has 0 amide bonds. The van der Waals surface area contributed by atoms with Crippen LogP contribution in [0.5, 0.6) is 0 Å². The fourth-order valence-corrected chi connectivity index (χ4v) is 0.821. The first-order valence-electron chi connectivity index (χ1n) is 2.63. The summed E-state index contributed by atoms with van der Waals surface area (Å²) in [6.45, 7) is 0. The summed E-state index contributed by atoms with van der Waals surface area (Å²) < 4.78 is 22.7. The predicted molar refractivity (Wildman–Crippen MR) is 38.6 cm³/mol. The fourth-order valence-electron chi connectivity index (χ4n) is 0.575. The van der Waals surface area contributed by atoms with Crippen LogP contribution in [0.4, 0.5) is 10.1 Å². The Hall–Kier alpha value is -1.03. The Morgan fingerprint density at radius 3 is 2.70 bits per heavy atom. The zero-order chi connectivity index (χ0) is 7.40. The van der Waals surface area contributed by atoms with Gasteiger partial charge in [-0.05, 0) is 12.1 Å². The average molecular weight is 156 g/mol. The van der Waals surface area contributed by atoms with Gasteiger partial charge in [-0.15, -0.1) is 0 Å². The summed E-state index contributed by atoms with van der Waals surface area (Å²) in [6, 6.07) is 6.10. The second-order valence-electron chi connectivity index (χ2n) is 1.63. The van der Waals surface area contributed by atoms with E-state index >= 15 is 0 Å². The van der Waals surface area contributed by atoms with Gasteiger partial charge in [0.1, 0.15) is 11.5 Å². The summed E-state index contributed by atoms with van der Waals surface area (Å²) in [5, 5.41) is 0. The third kappa shape index (κ3) is 1.48. The number of nitrogens with zero attached hydrogens (tertiary/aromatic N) is 1. The SMILES string of the molecule is N=S=Nc1ccccc1F. The molecule has 0 atom stereocenters. The Balaban J connectivity index is 3.14. The molecule has 0 saturated heterocycles. The van der Waals surface area contributed by atoms with E-state index in [4.69, 9.17) is 4.78 Å². The lowest BCUT2D eigenvalue weighted by atomic mass is 10.3. The van der Waals surface area contributed by atoms with E-state index in [1.54, 1.807) is 12.1 Å². The maximum atomic E-state index is 12.6. The first kappa shape index (κ1) is 7.08. The lowest BCUT2D eigenvalue weighted by Crippen LogP contribution is -1.70. The Bertz CT molecular complexity index is 281. The van der Waals surface area contributed by atoms with Gasteiger partial charge >= 0.3 is 0 Å². The summed E-state index contributed by atoms with van der Waals surface area (Å²) in [5.41, 5.74) is 0.225. The number of hydrogen-bond donors (Lipinski definition) is 1. The molecule has 0 aliphatic carbocycles. The summed E-state index contributed by atoms with van der Waals surface area (Å²) in [5.74, 6) is -0.387. The zero-order valence-electron chi connectivity index (χ0n) is 5.04. The minimum atomic E-state index is -0.387. The maximum Gasteiger partial charge on any atom is 0.149 e. The molecule has 2 nitrogen and oxygen atoms in total. The van der Waals surface area contributed by atoms with Crippen LogP contribution in [0.1, 0.15) is 0 Å². The molecule has 0 spiro atoms.